The molecule has 0 aliphatic heterocycles. The molecule has 0 heteroatoms. The van der Waals surface area contributed by atoms with Crippen LogP contribution >= 0.6 is 0 Å². The highest BCUT2D eigenvalue weighted by Crippen LogP contribution is 2.50. The van der Waals surface area contributed by atoms with Crippen molar-refractivity contribution in [3.8, 4) is 0 Å². The first-order valence-corrected chi connectivity index (χ1v) is 8.58. The zero-order chi connectivity index (χ0) is 16.6. The maximum Gasteiger partial charge on any atom is 0.0223 e. The molecule has 3 aromatic rings. The Bertz CT molecular complexity index is 874. The lowest BCUT2D eigenvalue weighted by atomic mass is 9.75. The SMILES string of the molecule is C=C1CC(C)(c2ccccc2)c2c(Cc3ccccc3)cccc21. The van der Waals surface area contributed by atoms with Crippen molar-refractivity contribution in [2.24, 2.45) is 0 Å². The second-order valence-corrected chi connectivity index (χ2v) is 6.98. The molecule has 24 heavy (non-hydrogen) atoms. The smallest absolute Gasteiger partial charge is 0.0223 e. The molecule has 0 fully saturated rings. The number of hydrogen-bond acceptors (Lipinski definition) is 0. The second kappa shape index (κ2) is 5.79. The Labute approximate surface area is 144 Å². The zero-order valence-corrected chi connectivity index (χ0v) is 14.1. The fourth-order valence-electron chi connectivity index (χ4n) is 4.17. The standard InChI is InChI=1S/C24H22/c1-18-17-24(2,21-13-7-4-8-14-21)23-20(12-9-15-22(18)23)16-19-10-5-3-6-11-19/h3-15H,1,16-17H2,2H3. The molecule has 0 saturated carbocycles. The predicted molar refractivity (Wildman–Crippen MR) is 102 cm³/mol. The van der Waals surface area contributed by atoms with Crippen LogP contribution in [0.3, 0.4) is 0 Å². The second-order valence-electron chi connectivity index (χ2n) is 6.98. The molecule has 3 aromatic carbocycles. The molecule has 0 heterocycles. The summed E-state index contributed by atoms with van der Waals surface area (Å²) in [5, 5.41) is 0. The first-order valence-electron chi connectivity index (χ1n) is 8.58. The molecule has 0 nitrogen and oxygen atoms in total. The Hall–Kier alpha value is -2.60. The summed E-state index contributed by atoms with van der Waals surface area (Å²) in [7, 11) is 0. The predicted octanol–water partition coefficient (Wildman–Crippen LogP) is 6.00. The highest BCUT2D eigenvalue weighted by atomic mass is 14.4. The Morgan fingerprint density at radius 1 is 0.833 bits per heavy atom. The third-order valence-electron chi connectivity index (χ3n) is 5.30. The van der Waals surface area contributed by atoms with E-state index in [4.69, 9.17) is 0 Å². The van der Waals surface area contributed by atoms with Gasteiger partial charge in [0.1, 0.15) is 0 Å². The molecule has 4 rings (SSSR count). The van der Waals surface area contributed by atoms with Crippen LogP contribution in [-0.2, 0) is 11.8 Å². The topological polar surface area (TPSA) is 0 Å². The van der Waals surface area contributed by atoms with Crippen LogP contribution in [-0.4, -0.2) is 0 Å². The van der Waals surface area contributed by atoms with Gasteiger partial charge in [0.25, 0.3) is 0 Å². The van der Waals surface area contributed by atoms with E-state index < -0.39 is 0 Å². The van der Waals surface area contributed by atoms with E-state index in [0.29, 0.717) is 0 Å². The van der Waals surface area contributed by atoms with Gasteiger partial charge in [0.2, 0.25) is 0 Å². The molecule has 0 N–H and O–H groups in total. The fourth-order valence-corrected chi connectivity index (χ4v) is 4.17. The molecule has 1 aliphatic carbocycles. The van der Waals surface area contributed by atoms with Crippen molar-refractivity contribution in [1.82, 2.24) is 0 Å². The number of rotatable bonds is 3. The minimum Gasteiger partial charge on any atom is -0.0952 e. The minimum absolute atomic E-state index is 0.0129. The van der Waals surface area contributed by atoms with Crippen LogP contribution in [0.2, 0.25) is 0 Å². The van der Waals surface area contributed by atoms with Gasteiger partial charge < -0.3 is 0 Å². The lowest BCUT2D eigenvalue weighted by molar-refractivity contribution is 0.606. The highest BCUT2D eigenvalue weighted by Gasteiger charge is 2.39. The molecule has 1 atom stereocenters. The van der Waals surface area contributed by atoms with E-state index in [0.717, 1.165) is 12.8 Å². The molecule has 1 unspecified atom stereocenters. The molecular weight excluding hydrogens is 288 g/mol. The van der Waals surface area contributed by atoms with Crippen LogP contribution in [0, 0.1) is 0 Å². The average molecular weight is 310 g/mol. The van der Waals surface area contributed by atoms with Gasteiger partial charge in [-0.2, -0.15) is 0 Å². The van der Waals surface area contributed by atoms with Gasteiger partial charge in [-0.25, -0.2) is 0 Å². The maximum atomic E-state index is 4.36. The van der Waals surface area contributed by atoms with Crippen molar-refractivity contribution in [1.29, 1.82) is 0 Å². The highest BCUT2D eigenvalue weighted by molar-refractivity contribution is 5.77. The molecule has 0 spiro atoms. The van der Waals surface area contributed by atoms with E-state index in [-0.39, 0.29) is 5.41 Å². The summed E-state index contributed by atoms with van der Waals surface area (Å²) in [5.74, 6) is 0. The quantitative estimate of drug-likeness (QED) is 0.556. The van der Waals surface area contributed by atoms with Crippen molar-refractivity contribution in [2.45, 2.75) is 25.2 Å². The lowest BCUT2D eigenvalue weighted by Crippen LogP contribution is -2.21. The van der Waals surface area contributed by atoms with Gasteiger partial charge in [0, 0.05) is 5.41 Å². The van der Waals surface area contributed by atoms with E-state index in [2.05, 4.69) is 92.4 Å². The summed E-state index contributed by atoms with van der Waals surface area (Å²) >= 11 is 0. The summed E-state index contributed by atoms with van der Waals surface area (Å²) in [4.78, 5) is 0. The van der Waals surface area contributed by atoms with Gasteiger partial charge in [-0.05, 0) is 46.2 Å². The minimum atomic E-state index is 0.0129. The molecule has 0 amide bonds. The molecular formula is C24H22. The monoisotopic (exact) mass is 310 g/mol. The number of allylic oxidation sites excluding steroid dienone is 1. The largest absolute Gasteiger partial charge is 0.0952 e. The van der Waals surface area contributed by atoms with Gasteiger partial charge in [-0.1, -0.05) is 92.4 Å². The van der Waals surface area contributed by atoms with Crippen molar-refractivity contribution in [3.63, 3.8) is 0 Å². The van der Waals surface area contributed by atoms with Gasteiger partial charge in [0.05, 0.1) is 0 Å². The van der Waals surface area contributed by atoms with Crippen LogP contribution in [0.5, 0.6) is 0 Å². The fraction of sp³-hybridized carbons (Fsp3) is 0.167. The summed E-state index contributed by atoms with van der Waals surface area (Å²) in [6.07, 6.45) is 1.97. The van der Waals surface area contributed by atoms with Gasteiger partial charge in [-0.3, -0.25) is 0 Å². The Morgan fingerprint density at radius 3 is 2.21 bits per heavy atom. The summed E-state index contributed by atoms with van der Waals surface area (Å²) in [6.45, 7) is 6.73. The third-order valence-corrected chi connectivity index (χ3v) is 5.30. The van der Waals surface area contributed by atoms with Crippen molar-refractivity contribution < 1.29 is 0 Å². The average Bonchev–Trinajstić information content (AvgIpc) is 2.90. The van der Waals surface area contributed by atoms with Crippen molar-refractivity contribution in [3.05, 3.63) is 113 Å². The van der Waals surface area contributed by atoms with E-state index >= 15 is 0 Å². The van der Waals surface area contributed by atoms with E-state index in [9.17, 15) is 0 Å². The van der Waals surface area contributed by atoms with Crippen molar-refractivity contribution >= 4 is 5.57 Å². The van der Waals surface area contributed by atoms with Crippen LogP contribution in [0.1, 0.15) is 41.2 Å². The first kappa shape index (κ1) is 15.0. The Morgan fingerprint density at radius 2 is 1.50 bits per heavy atom. The van der Waals surface area contributed by atoms with Crippen molar-refractivity contribution in [2.75, 3.05) is 0 Å². The van der Waals surface area contributed by atoms with Gasteiger partial charge in [-0.15, -0.1) is 0 Å². The van der Waals surface area contributed by atoms with E-state index in [1.807, 2.05) is 0 Å². The van der Waals surface area contributed by atoms with Crippen LogP contribution in [0.15, 0.2) is 85.4 Å². The van der Waals surface area contributed by atoms with Gasteiger partial charge in [0.15, 0.2) is 0 Å². The molecule has 0 saturated heterocycles. The Kier molecular flexibility index (Phi) is 3.61. The van der Waals surface area contributed by atoms with Crippen LogP contribution in [0.25, 0.3) is 5.57 Å². The van der Waals surface area contributed by atoms with Gasteiger partial charge >= 0.3 is 0 Å². The molecule has 0 aromatic heterocycles. The number of fused-ring (bicyclic) bond motifs is 1. The van der Waals surface area contributed by atoms with Crippen LogP contribution in [0.4, 0.5) is 0 Å². The number of hydrogen-bond donors (Lipinski definition) is 0. The van der Waals surface area contributed by atoms with E-state index in [1.54, 1.807) is 0 Å². The maximum absolute atomic E-state index is 4.36. The zero-order valence-electron chi connectivity index (χ0n) is 14.1. The van der Waals surface area contributed by atoms with E-state index in [1.165, 1.54) is 33.4 Å². The molecule has 1 aliphatic rings. The summed E-state index contributed by atoms with van der Waals surface area (Å²) in [5.41, 5.74) is 8.23. The Balaban J connectivity index is 1.87. The third kappa shape index (κ3) is 2.39. The summed E-state index contributed by atoms with van der Waals surface area (Å²) in [6, 6.07) is 28.3. The summed E-state index contributed by atoms with van der Waals surface area (Å²) < 4.78 is 0. The number of benzene rings is 3. The molecule has 0 bridgehead atoms. The van der Waals surface area contributed by atoms with Crippen LogP contribution < -0.4 is 0 Å². The lowest BCUT2D eigenvalue weighted by Gasteiger charge is -2.28. The first-order chi connectivity index (χ1) is 11.7. The molecule has 0 radical (unpaired) electrons. The normalized spacial score (nSPS) is 19.3. The molecule has 118 valence electrons.